The van der Waals surface area contributed by atoms with Gasteiger partial charge in [0.15, 0.2) is 0 Å². The van der Waals surface area contributed by atoms with Gasteiger partial charge in [0.2, 0.25) is 0 Å². The van der Waals surface area contributed by atoms with Crippen molar-refractivity contribution in [2.24, 2.45) is 5.92 Å². The molecule has 0 saturated heterocycles. The fourth-order valence-electron chi connectivity index (χ4n) is 1.34. The van der Waals surface area contributed by atoms with Crippen LogP contribution in [-0.4, -0.2) is 35.0 Å². The molecule has 6 heteroatoms. The summed E-state index contributed by atoms with van der Waals surface area (Å²) >= 11 is 0. The number of aromatic nitrogens is 3. The van der Waals surface area contributed by atoms with Gasteiger partial charge in [0.1, 0.15) is 11.6 Å². The number of hydrogen-bond acceptors (Lipinski definition) is 6. The Morgan fingerprint density at radius 3 is 2.19 bits per heavy atom. The number of Topliss-reactive ketones (excluding diaryl/α,β-unsaturated/α-hetero) is 1. The van der Waals surface area contributed by atoms with Gasteiger partial charge < -0.3 is 9.47 Å². The largest absolute Gasteiger partial charge is 0.467 e. The zero-order valence-electron chi connectivity index (χ0n) is 9.27. The molecular formula is C10H13N3O3. The number of carbonyl (C=O) groups is 1. The Morgan fingerprint density at radius 1 is 1.19 bits per heavy atom. The van der Waals surface area contributed by atoms with Gasteiger partial charge in [-0.25, -0.2) is 0 Å². The lowest BCUT2D eigenvalue weighted by molar-refractivity contribution is -0.119. The lowest BCUT2D eigenvalue weighted by Gasteiger charge is -2.04. The molecule has 16 heavy (non-hydrogen) atoms. The van der Waals surface area contributed by atoms with E-state index in [0.29, 0.717) is 5.82 Å². The van der Waals surface area contributed by atoms with Crippen molar-refractivity contribution >= 4 is 5.78 Å². The van der Waals surface area contributed by atoms with E-state index in [1.165, 1.54) is 14.2 Å². The summed E-state index contributed by atoms with van der Waals surface area (Å²) in [5, 5.41) is 0. The van der Waals surface area contributed by atoms with Gasteiger partial charge in [0, 0.05) is 5.92 Å². The fourth-order valence-corrected chi connectivity index (χ4v) is 1.34. The molecule has 86 valence electrons. The van der Waals surface area contributed by atoms with Crippen molar-refractivity contribution < 1.29 is 14.3 Å². The monoisotopic (exact) mass is 223 g/mol. The molecule has 0 spiro atoms. The quantitative estimate of drug-likeness (QED) is 0.719. The molecule has 1 heterocycles. The van der Waals surface area contributed by atoms with Crippen LogP contribution in [0.25, 0.3) is 0 Å². The van der Waals surface area contributed by atoms with E-state index in [0.717, 1.165) is 12.8 Å². The molecule has 0 unspecified atom stereocenters. The van der Waals surface area contributed by atoms with Crippen LogP contribution in [0.2, 0.25) is 0 Å². The van der Waals surface area contributed by atoms with Gasteiger partial charge in [-0.3, -0.25) is 4.79 Å². The second-order valence-electron chi connectivity index (χ2n) is 3.64. The molecule has 1 aliphatic carbocycles. The molecule has 0 amide bonds. The average molecular weight is 223 g/mol. The number of ether oxygens (including phenoxy) is 2. The van der Waals surface area contributed by atoms with Crippen molar-refractivity contribution in [1.29, 1.82) is 0 Å². The van der Waals surface area contributed by atoms with E-state index in [1.54, 1.807) is 0 Å². The summed E-state index contributed by atoms with van der Waals surface area (Å²) in [7, 11) is 2.92. The Kier molecular flexibility index (Phi) is 2.98. The van der Waals surface area contributed by atoms with Gasteiger partial charge in [-0.1, -0.05) is 0 Å². The number of carbonyl (C=O) groups excluding carboxylic acids is 1. The summed E-state index contributed by atoms with van der Waals surface area (Å²) in [4.78, 5) is 23.5. The number of hydrogen-bond donors (Lipinski definition) is 0. The van der Waals surface area contributed by atoms with Crippen LogP contribution in [0, 0.1) is 5.92 Å². The van der Waals surface area contributed by atoms with Crippen LogP contribution in [0.15, 0.2) is 0 Å². The Morgan fingerprint density at radius 2 is 1.75 bits per heavy atom. The molecule has 1 aromatic rings. The van der Waals surface area contributed by atoms with E-state index < -0.39 is 0 Å². The summed E-state index contributed by atoms with van der Waals surface area (Å²) in [5.41, 5.74) is 0. The highest BCUT2D eigenvalue weighted by molar-refractivity contribution is 5.84. The predicted molar refractivity (Wildman–Crippen MR) is 54.4 cm³/mol. The lowest BCUT2D eigenvalue weighted by atomic mass is 10.2. The Labute approximate surface area is 93.0 Å². The summed E-state index contributed by atoms with van der Waals surface area (Å²) in [6.45, 7) is 0. The van der Waals surface area contributed by atoms with E-state index >= 15 is 0 Å². The van der Waals surface area contributed by atoms with Gasteiger partial charge in [-0.2, -0.15) is 9.97 Å². The van der Waals surface area contributed by atoms with E-state index in [4.69, 9.17) is 9.47 Å². The van der Waals surface area contributed by atoms with E-state index in [9.17, 15) is 4.79 Å². The Hall–Kier alpha value is -1.72. The maximum Gasteiger partial charge on any atom is 0.322 e. The third-order valence-electron chi connectivity index (χ3n) is 2.37. The molecule has 1 saturated carbocycles. The molecule has 2 rings (SSSR count). The molecule has 1 fully saturated rings. The van der Waals surface area contributed by atoms with Crippen molar-refractivity contribution in [3.05, 3.63) is 5.82 Å². The van der Waals surface area contributed by atoms with Crippen molar-refractivity contribution in [2.75, 3.05) is 14.2 Å². The summed E-state index contributed by atoms with van der Waals surface area (Å²) in [6.07, 6.45) is 2.19. The van der Waals surface area contributed by atoms with Crippen molar-refractivity contribution in [3.8, 4) is 12.0 Å². The molecule has 0 aromatic carbocycles. The first-order valence-electron chi connectivity index (χ1n) is 5.08. The van der Waals surface area contributed by atoms with E-state index in [1.807, 2.05) is 0 Å². The number of nitrogens with zero attached hydrogens (tertiary/aromatic N) is 3. The van der Waals surface area contributed by atoms with Gasteiger partial charge in [-0.05, 0) is 12.8 Å². The smallest absolute Gasteiger partial charge is 0.322 e. The second kappa shape index (κ2) is 4.42. The molecule has 0 aliphatic heterocycles. The molecule has 1 aromatic heterocycles. The Balaban J connectivity index is 2.14. The zero-order chi connectivity index (χ0) is 11.5. The predicted octanol–water partition coefficient (Wildman–Crippen LogP) is 0.410. The molecule has 0 atom stereocenters. The van der Waals surface area contributed by atoms with Crippen LogP contribution >= 0.6 is 0 Å². The van der Waals surface area contributed by atoms with Crippen LogP contribution in [-0.2, 0) is 11.2 Å². The van der Waals surface area contributed by atoms with Gasteiger partial charge in [0.05, 0.1) is 20.6 Å². The first-order chi connectivity index (χ1) is 7.72. The molecular weight excluding hydrogens is 210 g/mol. The minimum absolute atomic E-state index is 0.172. The highest BCUT2D eigenvalue weighted by Crippen LogP contribution is 2.30. The highest BCUT2D eigenvalue weighted by Gasteiger charge is 2.30. The SMILES string of the molecule is COc1nc(CC(=O)C2CC2)nc(OC)n1. The van der Waals surface area contributed by atoms with Crippen LogP contribution < -0.4 is 9.47 Å². The zero-order valence-corrected chi connectivity index (χ0v) is 9.27. The highest BCUT2D eigenvalue weighted by atomic mass is 16.5. The molecule has 0 N–H and O–H groups in total. The molecule has 0 bridgehead atoms. The lowest BCUT2D eigenvalue weighted by Crippen LogP contribution is -2.10. The maximum atomic E-state index is 11.6. The maximum absolute atomic E-state index is 11.6. The second-order valence-corrected chi connectivity index (χ2v) is 3.64. The number of rotatable bonds is 5. The van der Waals surface area contributed by atoms with Crippen LogP contribution in [0.5, 0.6) is 12.0 Å². The number of methoxy groups -OCH3 is 2. The topological polar surface area (TPSA) is 74.2 Å². The third kappa shape index (κ3) is 2.44. The Bertz CT molecular complexity index is 382. The first kappa shape index (κ1) is 10.8. The third-order valence-corrected chi connectivity index (χ3v) is 2.37. The standard InChI is InChI=1S/C10H13N3O3/c1-15-9-11-8(12-10(13-9)16-2)5-7(14)6-3-4-6/h6H,3-5H2,1-2H3. The van der Waals surface area contributed by atoms with Crippen molar-refractivity contribution in [1.82, 2.24) is 15.0 Å². The summed E-state index contributed by atoms with van der Waals surface area (Å²) in [5.74, 6) is 0.782. The van der Waals surface area contributed by atoms with Gasteiger partial charge in [0.25, 0.3) is 0 Å². The van der Waals surface area contributed by atoms with Gasteiger partial charge >= 0.3 is 12.0 Å². The number of ketones is 1. The van der Waals surface area contributed by atoms with E-state index in [-0.39, 0.29) is 30.1 Å². The van der Waals surface area contributed by atoms with Crippen LogP contribution in [0.3, 0.4) is 0 Å². The van der Waals surface area contributed by atoms with Gasteiger partial charge in [-0.15, -0.1) is 4.98 Å². The minimum atomic E-state index is 0.172. The van der Waals surface area contributed by atoms with Crippen molar-refractivity contribution in [2.45, 2.75) is 19.3 Å². The molecule has 0 radical (unpaired) electrons. The summed E-state index contributed by atoms with van der Waals surface area (Å²) < 4.78 is 9.80. The minimum Gasteiger partial charge on any atom is -0.467 e. The average Bonchev–Trinajstić information content (AvgIpc) is 3.12. The molecule has 6 nitrogen and oxygen atoms in total. The van der Waals surface area contributed by atoms with Crippen LogP contribution in [0.1, 0.15) is 18.7 Å². The normalized spacial score (nSPS) is 14.6. The molecule has 1 aliphatic rings. The van der Waals surface area contributed by atoms with E-state index in [2.05, 4.69) is 15.0 Å². The fraction of sp³-hybridized carbons (Fsp3) is 0.600. The first-order valence-corrected chi connectivity index (χ1v) is 5.08. The van der Waals surface area contributed by atoms with Crippen molar-refractivity contribution in [3.63, 3.8) is 0 Å². The summed E-state index contributed by atoms with van der Waals surface area (Å²) in [6, 6.07) is 0.343. The van der Waals surface area contributed by atoms with Crippen LogP contribution in [0.4, 0.5) is 0 Å².